The minimum Gasteiger partial charge on any atom is -0.355 e. The third-order valence-corrected chi connectivity index (χ3v) is 6.69. The standard InChI is InChI=1S/C18H29N3O3S.ClH/c1-4-19-9-10-20-18(22)16-7-11-21(12-8-16)25(23,24)17-6-5-14(2)15(3)13-17;/h5-6,13,16,19H,4,7-12H2,1-3H3,(H,20,22);1H. The highest BCUT2D eigenvalue weighted by atomic mass is 35.5. The quantitative estimate of drug-likeness (QED) is 0.681. The van der Waals surface area contributed by atoms with E-state index in [2.05, 4.69) is 10.6 Å². The van der Waals surface area contributed by atoms with Gasteiger partial charge in [0.2, 0.25) is 15.9 Å². The summed E-state index contributed by atoms with van der Waals surface area (Å²) in [7, 11) is -3.48. The highest BCUT2D eigenvalue weighted by molar-refractivity contribution is 7.89. The van der Waals surface area contributed by atoms with E-state index in [0.717, 1.165) is 24.2 Å². The Hall–Kier alpha value is -1.15. The molecule has 1 amide bonds. The minimum absolute atomic E-state index is 0. The van der Waals surface area contributed by atoms with Crippen LogP contribution in [0.25, 0.3) is 0 Å². The van der Waals surface area contributed by atoms with E-state index in [1.165, 1.54) is 4.31 Å². The molecule has 2 N–H and O–H groups in total. The van der Waals surface area contributed by atoms with Gasteiger partial charge in [-0.3, -0.25) is 4.79 Å². The van der Waals surface area contributed by atoms with Gasteiger partial charge < -0.3 is 10.6 Å². The van der Waals surface area contributed by atoms with Crippen LogP contribution in [0.3, 0.4) is 0 Å². The fourth-order valence-electron chi connectivity index (χ4n) is 2.98. The van der Waals surface area contributed by atoms with Crippen molar-refractivity contribution in [1.29, 1.82) is 0 Å². The van der Waals surface area contributed by atoms with E-state index in [1.54, 1.807) is 12.1 Å². The first-order valence-corrected chi connectivity index (χ1v) is 10.4. The zero-order valence-corrected chi connectivity index (χ0v) is 17.4. The molecule has 1 fully saturated rings. The molecule has 1 saturated heterocycles. The Bertz CT molecular complexity index is 702. The zero-order chi connectivity index (χ0) is 18.4. The van der Waals surface area contributed by atoms with Crippen molar-refractivity contribution in [2.75, 3.05) is 32.7 Å². The Morgan fingerprint density at radius 2 is 1.81 bits per heavy atom. The Kier molecular flexibility index (Phi) is 9.03. The van der Waals surface area contributed by atoms with E-state index < -0.39 is 10.0 Å². The molecule has 8 heteroatoms. The van der Waals surface area contributed by atoms with Crippen molar-refractivity contribution >= 4 is 28.3 Å². The molecule has 6 nitrogen and oxygen atoms in total. The number of sulfonamides is 1. The molecule has 1 heterocycles. The number of carbonyl (C=O) groups excluding carboxylic acids is 1. The molecule has 0 radical (unpaired) electrons. The van der Waals surface area contributed by atoms with Crippen LogP contribution in [0.5, 0.6) is 0 Å². The van der Waals surface area contributed by atoms with Crippen LogP contribution in [0.1, 0.15) is 30.9 Å². The van der Waals surface area contributed by atoms with E-state index in [1.807, 2.05) is 26.8 Å². The first-order valence-electron chi connectivity index (χ1n) is 8.92. The maximum atomic E-state index is 12.8. The van der Waals surface area contributed by atoms with Crippen LogP contribution in [0.2, 0.25) is 0 Å². The van der Waals surface area contributed by atoms with Gasteiger partial charge in [-0.05, 0) is 56.5 Å². The largest absolute Gasteiger partial charge is 0.355 e. The smallest absolute Gasteiger partial charge is 0.243 e. The number of hydrogen-bond donors (Lipinski definition) is 2. The van der Waals surface area contributed by atoms with Crippen LogP contribution < -0.4 is 10.6 Å². The number of aryl methyl sites for hydroxylation is 2. The molecule has 2 rings (SSSR count). The van der Waals surface area contributed by atoms with Crippen LogP contribution in [0, 0.1) is 19.8 Å². The van der Waals surface area contributed by atoms with Gasteiger partial charge in [-0.15, -0.1) is 12.4 Å². The molecule has 0 atom stereocenters. The summed E-state index contributed by atoms with van der Waals surface area (Å²) < 4.78 is 27.1. The van der Waals surface area contributed by atoms with Crippen molar-refractivity contribution in [2.24, 2.45) is 5.92 Å². The molecular formula is C18H30ClN3O3S. The molecule has 148 valence electrons. The number of rotatable bonds is 7. The Morgan fingerprint density at radius 3 is 2.38 bits per heavy atom. The summed E-state index contributed by atoms with van der Waals surface area (Å²) in [6.45, 7) is 8.92. The number of benzene rings is 1. The van der Waals surface area contributed by atoms with Gasteiger partial charge in [0, 0.05) is 32.1 Å². The highest BCUT2D eigenvalue weighted by Gasteiger charge is 2.32. The number of nitrogens with one attached hydrogen (secondary N) is 2. The lowest BCUT2D eigenvalue weighted by Crippen LogP contribution is -2.44. The van der Waals surface area contributed by atoms with Gasteiger partial charge in [0.25, 0.3) is 0 Å². The Morgan fingerprint density at radius 1 is 1.15 bits per heavy atom. The van der Waals surface area contributed by atoms with E-state index >= 15 is 0 Å². The molecular weight excluding hydrogens is 374 g/mol. The van der Waals surface area contributed by atoms with E-state index in [0.29, 0.717) is 37.4 Å². The average Bonchev–Trinajstić information content (AvgIpc) is 2.61. The maximum absolute atomic E-state index is 12.8. The van der Waals surface area contributed by atoms with Crippen molar-refractivity contribution < 1.29 is 13.2 Å². The van der Waals surface area contributed by atoms with Gasteiger partial charge in [-0.2, -0.15) is 4.31 Å². The number of hydrogen-bond acceptors (Lipinski definition) is 4. The van der Waals surface area contributed by atoms with Crippen molar-refractivity contribution in [2.45, 2.75) is 38.5 Å². The fourth-order valence-corrected chi connectivity index (χ4v) is 4.53. The number of nitrogens with zero attached hydrogens (tertiary/aromatic N) is 1. The summed E-state index contributed by atoms with van der Waals surface area (Å²) in [5.41, 5.74) is 2.04. The zero-order valence-electron chi connectivity index (χ0n) is 15.7. The predicted octanol–water partition coefficient (Wildman–Crippen LogP) is 1.85. The molecule has 26 heavy (non-hydrogen) atoms. The van der Waals surface area contributed by atoms with E-state index in [4.69, 9.17) is 0 Å². The molecule has 0 aromatic heterocycles. The van der Waals surface area contributed by atoms with Crippen molar-refractivity contribution in [3.8, 4) is 0 Å². The number of likely N-dealkylation sites (N-methyl/N-ethyl adjacent to an activating group) is 1. The second-order valence-electron chi connectivity index (χ2n) is 6.57. The summed E-state index contributed by atoms with van der Waals surface area (Å²) in [5, 5.41) is 6.07. The maximum Gasteiger partial charge on any atom is 0.243 e. The minimum atomic E-state index is -3.48. The summed E-state index contributed by atoms with van der Waals surface area (Å²) in [5.74, 6) is -0.0750. The molecule has 0 aliphatic carbocycles. The molecule has 1 aliphatic rings. The molecule has 0 saturated carbocycles. The predicted molar refractivity (Wildman–Crippen MR) is 106 cm³/mol. The van der Waals surface area contributed by atoms with Gasteiger partial charge in [-0.25, -0.2) is 8.42 Å². The number of piperidine rings is 1. The summed E-state index contributed by atoms with van der Waals surface area (Å²) >= 11 is 0. The van der Waals surface area contributed by atoms with Crippen molar-refractivity contribution in [1.82, 2.24) is 14.9 Å². The lowest BCUT2D eigenvalue weighted by molar-refractivity contribution is -0.126. The second-order valence-corrected chi connectivity index (χ2v) is 8.51. The first kappa shape index (κ1) is 22.9. The SMILES string of the molecule is CCNCCNC(=O)C1CCN(S(=O)(=O)c2ccc(C)c(C)c2)CC1.Cl. The van der Waals surface area contributed by atoms with Crippen LogP contribution in [-0.2, 0) is 14.8 Å². The topological polar surface area (TPSA) is 78.5 Å². The third-order valence-electron chi connectivity index (χ3n) is 4.79. The number of carbonyl (C=O) groups is 1. The van der Waals surface area contributed by atoms with Crippen molar-refractivity contribution in [3.05, 3.63) is 29.3 Å². The Balaban J connectivity index is 0.00000338. The van der Waals surface area contributed by atoms with Crippen LogP contribution in [0.15, 0.2) is 23.1 Å². The van der Waals surface area contributed by atoms with Gasteiger partial charge in [0.1, 0.15) is 0 Å². The van der Waals surface area contributed by atoms with Gasteiger partial charge in [-0.1, -0.05) is 13.0 Å². The van der Waals surface area contributed by atoms with E-state index in [-0.39, 0.29) is 24.2 Å². The molecule has 0 spiro atoms. The van der Waals surface area contributed by atoms with Crippen LogP contribution in [-0.4, -0.2) is 51.4 Å². The molecule has 0 unspecified atom stereocenters. The van der Waals surface area contributed by atoms with Gasteiger partial charge >= 0.3 is 0 Å². The van der Waals surface area contributed by atoms with Gasteiger partial charge in [0.05, 0.1) is 4.90 Å². The normalized spacial score (nSPS) is 16.1. The number of amides is 1. The highest BCUT2D eigenvalue weighted by Crippen LogP contribution is 2.25. The van der Waals surface area contributed by atoms with Crippen LogP contribution in [0.4, 0.5) is 0 Å². The number of halogens is 1. The van der Waals surface area contributed by atoms with Crippen molar-refractivity contribution in [3.63, 3.8) is 0 Å². The lowest BCUT2D eigenvalue weighted by atomic mass is 9.97. The molecule has 0 bridgehead atoms. The monoisotopic (exact) mass is 403 g/mol. The average molecular weight is 404 g/mol. The fraction of sp³-hybridized carbons (Fsp3) is 0.611. The van der Waals surface area contributed by atoms with E-state index in [9.17, 15) is 13.2 Å². The Labute approximate surface area is 163 Å². The molecule has 1 aliphatic heterocycles. The second kappa shape index (κ2) is 10.3. The summed E-state index contributed by atoms with van der Waals surface area (Å²) in [6, 6.07) is 5.23. The third kappa shape index (κ3) is 5.67. The lowest BCUT2D eigenvalue weighted by Gasteiger charge is -2.30. The summed E-state index contributed by atoms with van der Waals surface area (Å²) in [4.78, 5) is 12.5. The molecule has 1 aromatic carbocycles. The van der Waals surface area contributed by atoms with Gasteiger partial charge in [0.15, 0.2) is 0 Å². The first-order chi connectivity index (χ1) is 11.9. The molecule has 1 aromatic rings. The summed E-state index contributed by atoms with van der Waals surface area (Å²) in [6.07, 6.45) is 1.13. The van der Waals surface area contributed by atoms with Crippen LogP contribution >= 0.6 is 12.4 Å².